The Morgan fingerprint density at radius 3 is 2.62 bits per heavy atom. The number of carboxylic acids is 1. The molecule has 2 aromatic carbocycles. The number of nitrogens with zero attached hydrogens (tertiary/aromatic N) is 1. The summed E-state index contributed by atoms with van der Waals surface area (Å²) in [5.74, 6) is -0.900. The van der Waals surface area contributed by atoms with Crippen LogP contribution in [0.1, 0.15) is 18.1 Å². The van der Waals surface area contributed by atoms with Gasteiger partial charge in [-0.1, -0.05) is 29.3 Å². The molecule has 11 heteroatoms. The summed E-state index contributed by atoms with van der Waals surface area (Å²) in [7, 11) is 0. The zero-order valence-electron chi connectivity index (χ0n) is 16.6. The summed E-state index contributed by atoms with van der Waals surface area (Å²) in [5.41, 5.74) is 1.21. The van der Waals surface area contributed by atoms with Crippen LogP contribution in [0.4, 0.5) is 4.79 Å². The highest BCUT2D eigenvalue weighted by atomic mass is 127. The highest BCUT2D eigenvalue weighted by Crippen LogP contribution is 2.38. The van der Waals surface area contributed by atoms with Gasteiger partial charge < -0.3 is 14.6 Å². The van der Waals surface area contributed by atoms with Crippen molar-refractivity contribution in [2.75, 3.05) is 13.2 Å². The molecule has 0 atom stereocenters. The minimum atomic E-state index is -1.11. The number of carbonyl (C=O) groups is 3. The molecule has 1 N–H and O–H groups in total. The van der Waals surface area contributed by atoms with Gasteiger partial charge in [0, 0.05) is 10.0 Å². The molecule has 0 aliphatic carbocycles. The van der Waals surface area contributed by atoms with Gasteiger partial charge >= 0.3 is 5.97 Å². The molecule has 7 nitrogen and oxygen atoms in total. The van der Waals surface area contributed by atoms with E-state index >= 15 is 0 Å². The van der Waals surface area contributed by atoms with Crippen LogP contribution < -0.4 is 9.47 Å². The summed E-state index contributed by atoms with van der Waals surface area (Å²) < 4.78 is 11.5. The summed E-state index contributed by atoms with van der Waals surface area (Å²) in [6.07, 6.45) is 1.58. The highest BCUT2D eigenvalue weighted by molar-refractivity contribution is 14.1. The molecule has 0 unspecified atom stereocenters. The molecule has 1 aliphatic heterocycles. The van der Waals surface area contributed by atoms with E-state index < -0.39 is 23.7 Å². The molecule has 0 aromatic heterocycles. The Hall–Kier alpha value is -1.95. The number of carboxylic acid groups (broad SMARTS) is 1. The number of hydrogen-bond donors (Lipinski definition) is 1. The zero-order chi connectivity index (χ0) is 23.4. The third kappa shape index (κ3) is 5.89. The quantitative estimate of drug-likeness (QED) is 0.304. The summed E-state index contributed by atoms with van der Waals surface area (Å²) in [5, 5.41) is 9.30. The second kappa shape index (κ2) is 10.8. The van der Waals surface area contributed by atoms with Gasteiger partial charge in [-0.25, -0.2) is 4.79 Å². The maximum Gasteiger partial charge on any atom is 0.341 e. The number of amides is 2. The fraction of sp³-hybridized carbons (Fsp3) is 0.190. The minimum absolute atomic E-state index is 0.0295. The van der Waals surface area contributed by atoms with E-state index in [0.717, 1.165) is 16.7 Å². The maximum atomic E-state index is 12.9. The van der Waals surface area contributed by atoms with Crippen molar-refractivity contribution < 1.29 is 29.0 Å². The molecule has 1 saturated heterocycles. The molecule has 1 fully saturated rings. The molecule has 2 aromatic rings. The van der Waals surface area contributed by atoms with Crippen molar-refractivity contribution in [2.45, 2.75) is 13.5 Å². The molecule has 168 valence electrons. The van der Waals surface area contributed by atoms with Crippen LogP contribution in [0.25, 0.3) is 6.08 Å². The van der Waals surface area contributed by atoms with E-state index in [1.165, 1.54) is 0 Å². The van der Waals surface area contributed by atoms with Crippen LogP contribution in [0.2, 0.25) is 10.0 Å². The van der Waals surface area contributed by atoms with Gasteiger partial charge in [-0.3, -0.25) is 14.5 Å². The summed E-state index contributed by atoms with van der Waals surface area (Å²) in [6.45, 7) is 1.64. The van der Waals surface area contributed by atoms with Gasteiger partial charge in [0.15, 0.2) is 18.1 Å². The number of halogens is 3. The number of benzene rings is 2. The lowest BCUT2D eigenvalue weighted by molar-refractivity contribution is -0.139. The van der Waals surface area contributed by atoms with Gasteiger partial charge in [0.25, 0.3) is 11.1 Å². The Labute approximate surface area is 211 Å². The predicted octanol–water partition coefficient (Wildman–Crippen LogP) is 5.70. The molecule has 2 amide bonds. The van der Waals surface area contributed by atoms with Gasteiger partial charge in [-0.05, 0) is 82.7 Å². The third-order valence-electron chi connectivity index (χ3n) is 4.19. The third-order valence-corrected chi connectivity index (χ3v) is 6.48. The van der Waals surface area contributed by atoms with Crippen molar-refractivity contribution in [3.05, 3.63) is 60.0 Å². The number of thioether (sulfide) groups is 1. The van der Waals surface area contributed by atoms with Crippen molar-refractivity contribution in [2.24, 2.45) is 0 Å². The van der Waals surface area contributed by atoms with Crippen LogP contribution in [-0.4, -0.2) is 40.3 Å². The van der Waals surface area contributed by atoms with E-state index in [0.29, 0.717) is 42.8 Å². The first-order valence-electron chi connectivity index (χ1n) is 9.19. The van der Waals surface area contributed by atoms with Crippen molar-refractivity contribution in [1.29, 1.82) is 0 Å². The van der Waals surface area contributed by atoms with Crippen LogP contribution in [-0.2, 0) is 16.1 Å². The molecule has 1 aliphatic rings. The van der Waals surface area contributed by atoms with Crippen molar-refractivity contribution in [1.82, 2.24) is 4.90 Å². The van der Waals surface area contributed by atoms with Crippen LogP contribution in [0.3, 0.4) is 0 Å². The smallest absolute Gasteiger partial charge is 0.341 e. The standard InChI is InChI=1S/C21H16Cl2INO6S/c1-2-30-16-6-11(5-15(24)19(16)31-10-18(26)27)7-17-20(28)25(21(29)32-17)9-12-3-4-13(22)8-14(12)23/h3-8H,2,9-10H2,1H3,(H,26,27)/b17-7-. The second-order valence-electron chi connectivity index (χ2n) is 6.45. The van der Waals surface area contributed by atoms with Crippen LogP contribution in [0.15, 0.2) is 35.2 Å². The predicted molar refractivity (Wildman–Crippen MR) is 131 cm³/mol. The largest absolute Gasteiger partial charge is 0.490 e. The first kappa shape index (κ1) is 24.7. The topological polar surface area (TPSA) is 93.1 Å². The lowest BCUT2D eigenvalue weighted by atomic mass is 10.1. The highest BCUT2D eigenvalue weighted by Gasteiger charge is 2.35. The van der Waals surface area contributed by atoms with Crippen LogP contribution >= 0.6 is 57.6 Å². The fourth-order valence-electron chi connectivity index (χ4n) is 2.82. The number of imide groups is 1. The number of carbonyl (C=O) groups excluding carboxylic acids is 2. The van der Waals surface area contributed by atoms with Gasteiger partial charge in [0.2, 0.25) is 0 Å². The first-order valence-corrected chi connectivity index (χ1v) is 11.8. The Morgan fingerprint density at radius 1 is 1.22 bits per heavy atom. The first-order chi connectivity index (χ1) is 15.2. The van der Waals surface area contributed by atoms with E-state index in [9.17, 15) is 14.4 Å². The SMILES string of the molecule is CCOc1cc(/C=C2\SC(=O)N(Cc3ccc(Cl)cc3Cl)C2=O)cc(I)c1OCC(=O)O. The minimum Gasteiger partial charge on any atom is -0.490 e. The second-order valence-corrected chi connectivity index (χ2v) is 9.45. The van der Waals surface area contributed by atoms with E-state index in [1.54, 1.807) is 43.3 Å². The molecule has 0 saturated carbocycles. The van der Waals surface area contributed by atoms with Gasteiger partial charge in [-0.15, -0.1) is 0 Å². The van der Waals surface area contributed by atoms with Crippen molar-refractivity contribution in [3.8, 4) is 11.5 Å². The lowest BCUT2D eigenvalue weighted by Crippen LogP contribution is -2.27. The normalized spacial score (nSPS) is 14.9. The number of ether oxygens (including phenoxy) is 2. The van der Waals surface area contributed by atoms with Crippen LogP contribution in [0, 0.1) is 3.57 Å². The van der Waals surface area contributed by atoms with Crippen molar-refractivity contribution in [3.63, 3.8) is 0 Å². The monoisotopic (exact) mass is 607 g/mol. The number of rotatable bonds is 8. The molecule has 0 bridgehead atoms. The molecule has 32 heavy (non-hydrogen) atoms. The van der Waals surface area contributed by atoms with Gasteiger partial charge in [0.05, 0.1) is 21.6 Å². The maximum absolute atomic E-state index is 12.9. The molecule has 1 heterocycles. The number of aliphatic carboxylic acids is 1. The zero-order valence-corrected chi connectivity index (χ0v) is 21.0. The van der Waals surface area contributed by atoms with Crippen molar-refractivity contribution >= 4 is 80.7 Å². The average Bonchev–Trinajstić information content (AvgIpc) is 2.96. The van der Waals surface area contributed by atoms with Crippen LogP contribution in [0.5, 0.6) is 11.5 Å². The Bertz CT molecular complexity index is 1120. The van der Waals surface area contributed by atoms with E-state index in [4.69, 9.17) is 37.8 Å². The van der Waals surface area contributed by atoms with Gasteiger partial charge in [0.1, 0.15) is 0 Å². The lowest BCUT2D eigenvalue weighted by Gasteiger charge is -2.14. The van der Waals surface area contributed by atoms with E-state index in [2.05, 4.69) is 0 Å². The molecule has 0 spiro atoms. The Balaban J connectivity index is 1.86. The van der Waals surface area contributed by atoms with E-state index in [-0.39, 0.29) is 11.4 Å². The summed E-state index contributed by atoms with van der Waals surface area (Å²) in [6, 6.07) is 8.21. The van der Waals surface area contributed by atoms with Gasteiger partial charge in [-0.2, -0.15) is 0 Å². The fourth-order valence-corrected chi connectivity index (χ4v) is 4.90. The summed E-state index contributed by atoms with van der Waals surface area (Å²) >= 11 is 14.9. The molecule has 3 rings (SSSR count). The molecule has 0 radical (unpaired) electrons. The molecular weight excluding hydrogens is 592 g/mol. The Kier molecular flexibility index (Phi) is 8.32. The average molecular weight is 608 g/mol. The Morgan fingerprint density at radius 2 is 1.97 bits per heavy atom. The van der Waals surface area contributed by atoms with E-state index in [1.807, 2.05) is 22.6 Å². The molecular formula is C21H16Cl2INO6S. The number of hydrogen-bond acceptors (Lipinski definition) is 6. The summed E-state index contributed by atoms with van der Waals surface area (Å²) in [4.78, 5) is 37.5.